The molecule has 0 radical (unpaired) electrons. The summed E-state index contributed by atoms with van der Waals surface area (Å²) in [6, 6.07) is 4.28. The molecular weight excluding hydrogens is 280 g/mol. The summed E-state index contributed by atoms with van der Waals surface area (Å²) in [6.07, 6.45) is 8.57. The SMILES string of the molecule is C#CCn1c(=NC(=O)C2CCC2)sc2cc(C)c(C)cc21. The quantitative estimate of drug-likeness (QED) is 0.784. The van der Waals surface area contributed by atoms with E-state index in [4.69, 9.17) is 6.42 Å². The lowest BCUT2D eigenvalue weighted by atomic mass is 9.85. The molecule has 0 N–H and O–H groups in total. The molecule has 1 aliphatic carbocycles. The van der Waals surface area contributed by atoms with Crippen molar-refractivity contribution in [2.45, 2.75) is 39.7 Å². The molecule has 1 aromatic heterocycles. The van der Waals surface area contributed by atoms with E-state index in [1.54, 1.807) is 11.3 Å². The van der Waals surface area contributed by atoms with Gasteiger partial charge in [0, 0.05) is 5.92 Å². The topological polar surface area (TPSA) is 34.4 Å². The minimum absolute atomic E-state index is 0.00650. The highest BCUT2D eigenvalue weighted by molar-refractivity contribution is 7.16. The number of fused-ring (bicyclic) bond motifs is 1. The summed E-state index contributed by atoms with van der Waals surface area (Å²) >= 11 is 1.55. The molecule has 0 atom stereocenters. The van der Waals surface area contributed by atoms with Crippen LogP contribution in [0.25, 0.3) is 10.2 Å². The Morgan fingerprint density at radius 1 is 1.43 bits per heavy atom. The fourth-order valence-electron chi connectivity index (χ4n) is 2.49. The van der Waals surface area contributed by atoms with Gasteiger partial charge in [-0.15, -0.1) is 6.42 Å². The van der Waals surface area contributed by atoms with Gasteiger partial charge in [0.1, 0.15) is 0 Å². The maximum atomic E-state index is 12.1. The fourth-order valence-corrected chi connectivity index (χ4v) is 3.61. The second-order valence-corrected chi connectivity index (χ2v) is 6.67. The van der Waals surface area contributed by atoms with Crippen LogP contribution >= 0.6 is 11.3 Å². The van der Waals surface area contributed by atoms with E-state index in [1.807, 2.05) is 4.57 Å². The molecule has 0 aliphatic heterocycles. The number of aromatic nitrogens is 1. The van der Waals surface area contributed by atoms with Gasteiger partial charge in [0.25, 0.3) is 5.91 Å². The lowest BCUT2D eigenvalue weighted by Gasteiger charge is -2.20. The number of carbonyl (C=O) groups excluding carboxylic acids is 1. The second kappa shape index (κ2) is 5.50. The molecule has 0 bridgehead atoms. The summed E-state index contributed by atoms with van der Waals surface area (Å²) in [6.45, 7) is 4.62. The fraction of sp³-hybridized carbons (Fsp3) is 0.412. The zero-order valence-electron chi connectivity index (χ0n) is 12.3. The molecular formula is C17H18N2OS. The standard InChI is InChI=1S/C17H18N2OS/c1-4-8-19-14-9-11(2)12(3)10-15(14)21-17(19)18-16(20)13-6-5-7-13/h1,9-10,13H,5-8H2,2-3H3. The molecule has 2 aromatic rings. The largest absolute Gasteiger partial charge is 0.305 e. The molecule has 0 unspecified atom stereocenters. The molecule has 3 nitrogen and oxygen atoms in total. The van der Waals surface area contributed by atoms with Crippen LogP contribution in [-0.4, -0.2) is 10.5 Å². The third-order valence-corrected chi connectivity index (χ3v) is 5.25. The zero-order valence-corrected chi connectivity index (χ0v) is 13.2. The average Bonchev–Trinajstić information content (AvgIpc) is 2.66. The summed E-state index contributed by atoms with van der Waals surface area (Å²) in [5.74, 6) is 2.80. The van der Waals surface area contributed by atoms with Gasteiger partial charge >= 0.3 is 0 Å². The number of carbonyl (C=O) groups is 1. The van der Waals surface area contributed by atoms with Gasteiger partial charge in [-0.05, 0) is 49.9 Å². The first kappa shape index (κ1) is 14.1. The lowest BCUT2D eigenvalue weighted by molar-refractivity contribution is -0.124. The second-order valence-electron chi connectivity index (χ2n) is 5.66. The average molecular weight is 298 g/mol. The number of thiazole rings is 1. The Labute approximate surface area is 128 Å². The Kier molecular flexibility index (Phi) is 3.69. The molecule has 1 heterocycles. The van der Waals surface area contributed by atoms with Crippen LogP contribution in [0.3, 0.4) is 0 Å². The third kappa shape index (κ3) is 2.54. The highest BCUT2D eigenvalue weighted by atomic mass is 32.1. The first-order valence-corrected chi connectivity index (χ1v) is 8.04. The van der Waals surface area contributed by atoms with E-state index in [0.717, 1.165) is 34.3 Å². The molecule has 1 fully saturated rings. The van der Waals surface area contributed by atoms with E-state index in [0.29, 0.717) is 6.54 Å². The van der Waals surface area contributed by atoms with Gasteiger partial charge in [-0.2, -0.15) is 4.99 Å². The Morgan fingerprint density at radius 3 is 2.76 bits per heavy atom. The van der Waals surface area contributed by atoms with Crippen LogP contribution in [0.5, 0.6) is 0 Å². The highest BCUT2D eigenvalue weighted by Crippen LogP contribution is 2.27. The van der Waals surface area contributed by atoms with Crippen LogP contribution in [0.1, 0.15) is 30.4 Å². The lowest BCUT2D eigenvalue weighted by Crippen LogP contribution is -2.24. The Bertz CT molecular complexity index is 816. The minimum Gasteiger partial charge on any atom is -0.305 e. The summed E-state index contributed by atoms with van der Waals surface area (Å²) in [7, 11) is 0. The molecule has 1 saturated carbocycles. The van der Waals surface area contributed by atoms with Gasteiger partial charge in [0.05, 0.1) is 16.8 Å². The monoisotopic (exact) mass is 298 g/mol. The number of rotatable bonds is 2. The van der Waals surface area contributed by atoms with Crippen LogP contribution in [0.4, 0.5) is 0 Å². The van der Waals surface area contributed by atoms with Crippen molar-refractivity contribution in [1.29, 1.82) is 0 Å². The van der Waals surface area contributed by atoms with Crippen molar-refractivity contribution in [2.75, 3.05) is 0 Å². The van der Waals surface area contributed by atoms with Gasteiger partial charge < -0.3 is 4.57 Å². The maximum absolute atomic E-state index is 12.1. The first-order valence-electron chi connectivity index (χ1n) is 7.23. The van der Waals surface area contributed by atoms with Gasteiger partial charge in [0.15, 0.2) is 4.80 Å². The van der Waals surface area contributed by atoms with Crippen molar-refractivity contribution in [3.63, 3.8) is 0 Å². The van der Waals surface area contributed by atoms with Crippen molar-refractivity contribution in [1.82, 2.24) is 4.57 Å². The van der Waals surface area contributed by atoms with Crippen LogP contribution in [0.15, 0.2) is 17.1 Å². The molecule has 0 spiro atoms. The maximum Gasteiger partial charge on any atom is 0.251 e. The predicted molar refractivity (Wildman–Crippen MR) is 86.0 cm³/mol. The van der Waals surface area contributed by atoms with Crippen LogP contribution in [0, 0.1) is 32.1 Å². The van der Waals surface area contributed by atoms with Crippen LogP contribution in [-0.2, 0) is 11.3 Å². The molecule has 3 rings (SSSR count). The smallest absolute Gasteiger partial charge is 0.251 e. The number of hydrogen-bond donors (Lipinski definition) is 0. The zero-order chi connectivity index (χ0) is 15.0. The predicted octanol–water partition coefficient (Wildman–Crippen LogP) is 3.18. The van der Waals surface area contributed by atoms with E-state index in [2.05, 4.69) is 36.9 Å². The third-order valence-electron chi connectivity index (χ3n) is 4.21. The Balaban J connectivity index is 2.17. The molecule has 108 valence electrons. The Morgan fingerprint density at radius 2 is 2.14 bits per heavy atom. The number of hydrogen-bond acceptors (Lipinski definition) is 2. The van der Waals surface area contributed by atoms with E-state index in [9.17, 15) is 4.79 Å². The van der Waals surface area contributed by atoms with Crippen LogP contribution in [0.2, 0.25) is 0 Å². The summed E-state index contributed by atoms with van der Waals surface area (Å²) in [5, 5.41) is 0. The molecule has 1 amide bonds. The number of amides is 1. The highest BCUT2D eigenvalue weighted by Gasteiger charge is 2.25. The first-order chi connectivity index (χ1) is 10.1. The van der Waals surface area contributed by atoms with Crippen molar-refractivity contribution in [3.05, 3.63) is 28.1 Å². The van der Waals surface area contributed by atoms with E-state index < -0.39 is 0 Å². The van der Waals surface area contributed by atoms with E-state index in [1.165, 1.54) is 11.1 Å². The van der Waals surface area contributed by atoms with Crippen molar-refractivity contribution in [2.24, 2.45) is 10.9 Å². The number of nitrogens with zero attached hydrogens (tertiary/aromatic N) is 2. The number of terminal acetylenes is 1. The minimum atomic E-state index is 0.00650. The van der Waals surface area contributed by atoms with Gasteiger partial charge in [-0.3, -0.25) is 4.79 Å². The number of benzene rings is 1. The summed E-state index contributed by atoms with van der Waals surface area (Å²) in [5.41, 5.74) is 3.54. The van der Waals surface area contributed by atoms with Crippen molar-refractivity contribution in [3.8, 4) is 12.3 Å². The van der Waals surface area contributed by atoms with Crippen molar-refractivity contribution < 1.29 is 4.79 Å². The van der Waals surface area contributed by atoms with E-state index >= 15 is 0 Å². The van der Waals surface area contributed by atoms with Gasteiger partial charge in [-0.25, -0.2) is 0 Å². The Hall–Kier alpha value is -1.86. The molecule has 1 aromatic carbocycles. The summed E-state index contributed by atoms with van der Waals surface area (Å²) in [4.78, 5) is 17.2. The molecule has 4 heteroatoms. The number of aryl methyl sites for hydroxylation is 2. The van der Waals surface area contributed by atoms with Crippen molar-refractivity contribution >= 4 is 27.5 Å². The summed E-state index contributed by atoms with van der Waals surface area (Å²) < 4.78 is 3.11. The molecule has 1 aliphatic rings. The van der Waals surface area contributed by atoms with Gasteiger partial charge in [0.2, 0.25) is 0 Å². The van der Waals surface area contributed by atoms with Crippen LogP contribution < -0.4 is 4.80 Å². The van der Waals surface area contributed by atoms with Gasteiger partial charge in [-0.1, -0.05) is 23.7 Å². The molecule has 21 heavy (non-hydrogen) atoms. The van der Waals surface area contributed by atoms with E-state index in [-0.39, 0.29) is 11.8 Å². The normalized spacial score (nSPS) is 16.0. The molecule has 0 saturated heterocycles.